The van der Waals surface area contributed by atoms with Crippen LogP contribution in [0.5, 0.6) is 0 Å². The van der Waals surface area contributed by atoms with E-state index in [0.717, 1.165) is 27.6 Å². The van der Waals surface area contributed by atoms with Gasteiger partial charge in [-0.25, -0.2) is 15.1 Å². The zero-order chi connectivity index (χ0) is 24.2. The average molecular weight is 498 g/mol. The molecule has 0 bridgehead atoms. The maximum Gasteiger partial charge on any atom is 0.271 e. The molecule has 0 fully saturated rings. The number of nitrogens with zero attached hydrogens (tertiary/aromatic N) is 4. The molecular formula is C26H19N5O2S2. The van der Waals surface area contributed by atoms with Gasteiger partial charge in [0.25, 0.3) is 5.91 Å². The maximum absolute atomic E-state index is 13.4. The lowest BCUT2D eigenvalue weighted by Gasteiger charge is -2.01. The van der Waals surface area contributed by atoms with Gasteiger partial charge in [-0.2, -0.15) is 5.10 Å². The molecule has 0 atom stereocenters. The lowest BCUT2D eigenvalue weighted by atomic mass is 10.2. The zero-order valence-corrected chi connectivity index (χ0v) is 20.2. The largest absolute Gasteiger partial charge is 0.285 e. The number of nitrogens with one attached hydrogen (secondary N) is 1. The number of aryl methyl sites for hydroxylation is 1. The van der Waals surface area contributed by atoms with E-state index in [0.29, 0.717) is 20.9 Å². The van der Waals surface area contributed by atoms with E-state index in [1.54, 1.807) is 28.9 Å². The summed E-state index contributed by atoms with van der Waals surface area (Å²) in [6.07, 6.45) is 0. The third-order valence-corrected chi connectivity index (χ3v) is 7.18. The summed E-state index contributed by atoms with van der Waals surface area (Å²) in [4.78, 5) is 31.4. The van der Waals surface area contributed by atoms with Gasteiger partial charge < -0.3 is 0 Å². The van der Waals surface area contributed by atoms with Gasteiger partial charge in [-0.3, -0.25) is 9.59 Å². The molecule has 9 heteroatoms. The number of thiazole rings is 1. The summed E-state index contributed by atoms with van der Waals surface area (Å²) in [7, 11) is 0. The fraction of sp³-hybridized carbons (Fsp3) is 0.0385. The van der Waals surface area contributed by atoms with E-state index in [1.807, 2.05) is 73.7 Å². The number of hydrogen-bond acceptors (Lipinski definition) is 7. The first-order chi connectivity index (χ1) is 17.1. The van der Waals surface area contributed by atoms with E-state index in [1.165, 1.54) is 11.3 Å². The minimum atomic E-state index is -0.350. The standard InChI is InChI=1S/C26H19N5O2S2/c1-17-22(34-24(27-17)19-13-7-3-8-14-19)21(32)25-30-31(20-15-9-4-10-16-20)26(35-25)29-28-23(33)18-11-5-2-6-12-18/h2-16H,1H3,(H,28,33)/b29-26+. The van der Waals surface area contributed by atoms with Crippen LogP contribution in [-0.4, -0.2) is 26.5 Å². The molecule has 1 N–H and O–H groups in total. The number of carbonyl (C=O) groups is 2. The van der Waals surface area contributed by atoms with Crippen LogP contribution in [0.4, 0.5) is 0 Å². The molecule has 172 valence electrons. The van der Waals surface area contributed by atoms with Crippen LogP contribution in [0, 0.1) is 6.92 Å². The minimum absolute atomic E-state index is 0.229. The molecule has 7 nitrogen and oxygen atoms in total. The van der Waals surface area contributed by atoms with E-state index in [4.69, 9.17) is 0 Å². The fourth-order valence-electron chi connectivity index (χ4n) is 3.34. The van der Waals surface area contributed by atoms with E-state index in [9.17, 15) is 9.59 Å². The van der Waals surface area contributed by atoms with Crippen LogP contribution >= 0.6 is 22.7 Å². The van der Waals surface area contributed by atoms with Gasteiger partial charge in [-0.05, 0) is 31.2 Å². The molecule has 1 amide bonds. The van der Waals surface area contributed by atoms with Crippen LogP contribution in [0.25, 0.3) is 16.3 Å². The monoisotopic (exact) mass is 497 g/mol. The Morgan fingerprint density at radius 1 is 0.857 bits per heavy atom. The highest BCUT2D eigenvalue weighted by Crippen LogP contribution is 2.29. The van der Waals surface area contributed by atoms with Crippen molar-refractivity contribution in [3.63, 3.8) is 0 Å². The first kappa shape index (κ1) is 22.6. The molecule has 2 heterocycles. The minimum Gasteiger partial charge on any atom is -0.285 e. The summed E-state index contributed by atoms with van der Waals surface area (Å²) in [5, 5.41) is 9.87. The molecular weight excluding hydrogens is 478 g/mol. The molecule has 0 saturated carbocycles. The number of para-hydroxylation sites is 1. The predicted octanol–water partition coefficient (Wildman–Crippen LogP) is 4.84. The van der Waals surface area contributed by atoms with Crippen LogP contribution in [0.1, 0.15) is 30.7 Å². The average Bonchev–Trinajstić information content (AvgIpc) is 3.52. The number of amides is 1. The Kier molecular flexibility index (Phi) is 6.42. The maximum atomic E-state index is 13.4. The third kappa shape index (κ3) is 4.86. The third-order valence-electron chi connectivity index (χ3n) is 5.07. The number of carbonyl (C=O) groups excluding carboxylic acids is 2. The van der Waals surface area contributed by atoms with Gasteiger partial charge in [0, 0.05) is 11.1 Å². The van der Waals surface area contributed by atoms with E-state index in [-0.39, 0.29) is 16.7 Å². The molecule has 0 spiro atoms. The smallest absolute Gasteiger partial charge is 0.271 e. The first-order valence-corrected chi connectivity index (χ1v) is 12.4. The van der Waals surface area contributed by atoms with Crippen LogP contribution in [-0.2, 0) is 0 Å². The molecule has 0 aliphatic heterocycles. The number of rotatable bonds is 6. The normalized spacial score (nSPS) is 11.4. The summed E-state index contributed by atoms with van der Waals surface area (Å²) in [6, 6.07) is 27.9. The van der Waals surface area contributed by atoms with Gasteiger partial charge >= 0.3 is 0 Å². The number of ketones is 1. The summed E-state index contributed by atoms with van der Waals surface area (Å²) in [5.41, 5.74) is 5.38. The van der Waals surface area contributed by atoms with E-state index >= 15 is 0 Å². The Morgan fingerprint density at radius 2 is 1.49 bits per heavy atom. The van der Waals surface area contributed by atoms with Gasteiger partial charge in [0.15, 0.2) is 5.01 Å². The Hall–Kier alpha value is -4.21. The summed E-state index contributed by atoms with van der Waals surface area (Å²) >= 11 is 2.45. The highest BCUT2D eigenvalue weighted by molar-refractivity contribution is 7.18. The summed E-state index contributed by atoms with van der Waals surface area (Å²) < 4.78 is 1.55. The topological polar surface area (TPSA) is 89.2 Å². The van der Waals surface area contributed by atoms with Crippen LogP contribution in [0.15, 0.2) is 96.1 Å². The van der Waals surface area contributed by atoms with Crippen LogP contribution in [0.3, 0.4) is 0 Å². The van der Waals surface area contributed by atoms with Crippen molar-refractivity contribution in [2.45, 2.75) is 6.92 Å². The molecule has 3 aromatic carbocycles. The van der Waals surface area contributed by atoms with Crippen molar-refractivity contribution >= 4 is 34.4 Å². The highest BCUT2D eigenvalue weighted by Gasteiger charge is 2.22. The van der Waals surface area contributed by atoms with Crippen molar-refractivity contribution in [1.82, 2.24) is 20.2 Å². The second-order valence-corrected chi connectivity index (χ2v) is 9.44. The quantitative estimate of drug-likeness (QED) is 0.268. The summed E-state index contributed by atoms with van der Waals surface area (Å²) in [6.45, 7) is 1.82. The Balaban J connectivity index is 1.52. The molecule has 35 heavy (non-hydrogen) atoms. The number of benzene rings is 3. The second-order valence-electron chi connectivity index (χ2n) is 7.48. The Labute approximate surface area is 209 Å². The van der Waals surface area contributed by atoms with Crippen LogP contribution < -0.4 is 10.2 Å². The second kappa shape index (κ2) is 9.96. The van der Waals surface area contributed by atoms with Crippen molar-refractivity contribution < 1.29 is 9.59 Å². The first-order valence-electron chi connectivity index (χ1n) is 10.7. The molecule has 0 saturated heterocycles. The van der Waals surface area contributed by atoms with Crippen molar-refractivity contribution in [3.05, 3.63) is 117 Å². The number of aromatic nitrogens is 3. The van der Waals surface area contributed by atoms with Gasteiger partial charge in [-0.15, -0.1) is 16.4 Å². The van der Waals surface area contributed by atoms with Gasteiger partial charge in [0.1, 0.15) is 9.88 Å². The lowest BCUT2D eigenvalue weighted by molar-refractivity contribution is 0.0952. The molecule has 5 rings (SSSR count). The van der Waals surface area contributed by atoms with Crippen molar-refractivity contribution in [2.75, 3.05) is 0 Å². The Bertz CT molecular complexity index is 1560. The number of hydrogen-bond donors (Lipinski definition) is 1. The van der Waals surface area contributed by atoms with Crippen molar-refractivity contribution in [2.24, 2.45) is 5.10 Å². The van der Waals surface area contributed by atoms with E-state index < -0.39 is 0 Å². The molecule has 0 radical (unpaired) electrons. The van der Waals surface area contributed by atoms with Gasteiger partial charge in [-0.1, -0.05) is 78.1 Å². The molecule has 5 aromatic rings. The van der Waals surface area contributed by atoms with E-state index in [2.05, 4.69) is 20.6 Å². The van der Waals surface area contributed by atoms with Crippen molar-refractivity contribution in [3.8, 4) is 16.3 Å². The highest BCUT2D eigenvalue weighted by atomic mass is 32.1. The molecule has 0 unspecified atom stereocenters. The zero-order valence-electron chi connectivity index (χ0n) is 18.6. The Morgan fingerprint density at radius 3 is 2.17 bits per heavy atom. The van der Waals surface area contributed by atoms with Gasteiger partial charge in [0.2, 0.25) is 10.6 Å². The molecule has 0 aliphatic carbocycles. The summed E-state index contributed by atoms with van der Waals surface area (Å²) in [5.74, 6) is -0.579. The molecule has 0 aliphatic rings. The SMILES string of the molecule is Cc1nc(-c2ccccc2)sc1C(=O)c1nn(-c2ccccc2)/c(=N\NC(=O)c2ccccc2)s1. The fourth-order valence-corrected chi connectivity index (χ4v) is 5.24. The predicted molar refractivity (Wildman–Crippen MR) is 137 cm³/mol. The lowest BCUT2D eigenvalue weighted by Crippen LogP contribution is -2.24. The van der Waals surface area contributed by atoms with Crippen molar-refractivity contribution in [1.29, 1.82) is 0 Å². The van der Waals surface area contributed by atoms with Gasteiger partial charge in [0.05, 0.1) is 11.4 Å². The molecule has 2 aromatic heterocycles. The van der Waals surface area contributed by atoms with Crippen LogP contribution in [0.2, 0.25) is 0 Å².